The van der Waals surface area contributed by atoms with E-state index in [1.165, 1.54) is 11.8 Å². The van der Waals surface area contributed by atoms with Crippen LogP contribution < -0.4 is 10.9 Å². The zero-order valence-corrected chi connectivity index (χ0v) is 16.8. The number of thiophene rings is 1. The van der Waals surface area contributed by atoms with Gasteiger partial charge in [0, 0.05) is 10.9 Å². The Bertz CT molecular complexity index is 839. The Labute approximate surface area is 156 Å². The van der Waals surface area contributed by atoms with Gasteiger partial charge >= 0.3 is 0 Å². The van der Waals surface area contributed by atoms with Gasteiger partial charge < -0.3 is 10.3 Å². The van der Waals surface area contributed by atoms with Gasteiger partial charge in [0.25, 0.3) is 5.56 Å². The molecule has 2 N–H and O–H groups in total. The first-order chi connectivity index (χ1) is 11.9. The van der Waals surface area contributed by atoms with Crippen LogP contribution >= 0.6 is 23.1 Å². The van der Waals surface area contributed by atoms with E-state index in [0.29, 0.717) is 17.1 Å². The van der Waals surface area contributed by atoms with Crippen LogP contribution in [0.4, 0.5) is 0 Å². The van der Waals surface area contributed by atoms with Gasteiger partial charge in [0.05, 0.1) is 10.6 Å². The van der Waals surface area contributed by atoms with Crippen LogP contribution in [0.5, 0.6) is 0 Å². The fraction of sp³-hybridized carbons (Fsp3) is 0.611. The van der Waals surface area contributed by atoms with Gasteiger partial charge in [0.2, 0.25) is 5.91 Å². The highest BCUT2D eigenvalue weighted by Gasteiger charge is 2.26. The maximum atomic E-state index is 12.6. The molecule has 0 aliphatic heterocycles. The zero-order valence-electron chi connectivity index (χ0n) is 15.1. The Kier molecular flexibility index (Phi) is 5.53. The molecule has 2 aromatic heterocycles. The lowest BCUT2D eigenvalue weighted by Crippen LogP contribution is -2.32. The van der Waals surface area contributed by atoms with Crippen molar-refractivity contribution in [3.63, 3.8) is 0 Å². The second-order valence-corrected chi connectivity index (χ2v) is 9.48. The van der Waals surface area contributed by atoms with Gasteiger partial charge in [-0.25, -0.2) is 4.98 Å². The molecule has 1 saturated carbocycles. The Hall–Kier alpha value is -1.34. The fourth-order valence-corrected chi connectivity index (χ4v) is 4.63. The number of fused-ring (bicyclic) bond motifs is 1. The van der Waals surface area contributed by atoms with Gasteiger partial charge in [0.15, 0.2) is 5.16 Å². The third kappa shape index (κ3) is 4.26. The van der Waals surface area contributed by atoms with Crippen LogP contribution in [-0.4, -0.2) is 27.2 Å². The largest absolute Gasteiger partial charge is 0.352 e. The summed E-state index contributed by atoms with van der Waals surface area (Å²) < 4.78 is 0. The molecule has 5 nitrogen and oxygen atoms in total. The Morgan fingerprint density at radius 1 is 1.44 bits per heavy atom. The maximum absolute atomic E-state index is 12.6. The van der Waals surface area contributed by atoms with Gasteiger partial charge in [-0.2, -0.15) is 0 Å². The zero-order chi connectivity index (χ0) is 18.1. The van der Waals surface area contributed by atoms with Crippen molar-refractivity contribution >= 4 is 39.2 Å². The van der Waals surface area contributed by atoms with Crippen LogP contribution in [-0.2, 0) is 11.2 Å². The summed E-state index contributed by atoms with van der Waals surface area (Å²) in [4.78, 5) is 34.2. The molecular weight excluding hydrogens is 354 g/mol. The second kappa shape index (κ2) is 7.50. The summed E-state index contributed by atoms with van der Waals surface area (Å²) in [6.45, 7) is 8.28. The summed E-state index contributed by atoms with van der Waals surface area (Å²) >= 11 is 2.88. The van der Waals surface area contributed by atoms with Crippen molar-refractivity contribution in [2.75, 3.05) is 0 Å². The molecule has 0 spiro atoms. The topological polar surface area (TPSA) is 74.8 Å². The van der Waals surface area contributed by atoms with Crippen molar-refractivity contribution in [2.24, 2.45) is 5.92 Å². The van der Waals surface area contributed by atoms with Gasteiger partial charge in [-0.3, -0.25) is 9.59 Å². The molecule has 7 heteroatoms. The van der Waals surface area contributed by atoms with Gasteiger partial charge in [-0.1, -0.05) is 32.0 Å². The van der Waals surface area contributed by atoms with Gasteiger partial charge in [0.1, 0.15) is 4.83 Å². The third-order valence-corrected chi connectivity index (χ3v) is 6.70. The molecule has 1 aliphatic carbocycles. The van der Waals surface area contributed by atoms with Crippen LogP contribution in [0.3, 0.4) is 0 Å². The maximum Gasteiger partial charge on any atom is 0.260 e. The van der Waals surface area contributed by atoms with E-state index >= 15 is 0 Å². The van der Waals surface area contributed by atoms with Crippen LogP contribution in [0.1, 0.15) is 50.5 Å². The van der Waals surface area contributed by atoms with Crippen molar-refractivity contribution < 1.29 is 4.79 Å². The van der Waals surface area contributed by atoms with Crippen LogP contribution in [0, 0.1) is 12.8 Å². The van der Waals surface area contributed by atoms with Crippen molar-refractivity contribution in [2.45, 2.75) is 69.8 Å². The van der Waals surface area contributed by atoms with E-state index in [-0.39, 0.29) is 16.7 Å². The molecule has 1 amide bonds. The predicted molar refractivity (Wildman–Crippen MR) is 105 cm³/mol. The molecule has 1 aliphatic rings. The first-order valence-corrected chi connectivity index (χ1v) is 10.6. The number of carbonyl (C=O) groups excluding carboxylic acids is 1. The van der Waals surface area contributed by atoms with Crippen molar-refractivity contribution in [1.82, 2.24) is 15.3 Å². The molecule has 3 rings (SSSR count). The van der Waals surface area contributed by atoms with Crippen molar-refractivity contribution in [3.05, 3.63) is 20.8 Å². The fourth-order valence-electron chi connectivity index (χ4n) is 2.72. The van der Waals surface area contributed by atoms with E-state index in [4.69, 9.17) is 0 Å². The lowest BCUT2D eigenvalue weighted by atomic mass is 9.98. The van der Waals surface area contributed by atoms with Gasteiger partial charge in [-0.15, -0.1) is 11.3 Å². The monoisotopic (exact) mass is 379 g/mol. The quantitative estimate of drug-likeness (QED) is 0.569. The third-order valence-electron chi connectivity index (χ3n) is 4.67. The number of nitrogens with zero attached hydrogens (tertiary/aromatic N) is 1. The molecule has 0 radical (unpaired) electrons. The van der Waals surface area contributed by atoms with Crippen LogP contribution in [0.25, 0.3) is 10.2 Å². The van der Waals surface area contributed by atoms with Gasteiger partial charge in [-0.05, 0) is 44.6 Å². The van der Waals surface area contributed by atoms with Crippen LogP contribution in [0.15, 0.2) is 9.95 Å². The summed E-state index contributed by atoms with van der Waals surface area (Å²) in [5.41, 5.74) is 1.03. The standard InChI is InChI=1S/C18H25N3O2S2/c1-5-9(2)8-13-10(3)24-17-14(13)16(23)20-18(21-17)25-11(4)15(22)19-12-6-7-12/h9,11-12H,5-8H2,1-4H3,(H,19,22)(H,20,21,23)/t9-,11-/m0/s1. The number of amides is 1. The smallest absolute Gasteiger partial charge is 0.260 e. The molecule has 1 fully saturated rings. The minimum Gasteiger partial charge on any atom is -0.352 e. The van der Waals surface area contributed by atoms with E-state index in [1.807, 2.05) is 6.92 Å². The van der Waals surface area contributed by atoms with E-state index in [1.54, 1.807) is 11.3 Å². The Balaban J connectivity index is 1.84. The number of thioether (sulfide) groups is 1. The highest BCUT2D eigenvalue weighted by atomic mass is 32.2. The molecule has 0 bridgehead atoms. The number of aromatic amines is 1. The van der Waals surface area contributed by atoms with E-state index in [2.05, 4.69) is 36.1 Å². The van der Waals surface area contributed by atoms with E-state index < -0.39 is 0 Å². The lowest BCUT2D eigenvalue weighted by molar-refractivity contribution is -0.120. The molecule has 136 valence electrons. The molecule has 25 heavy (non-hydrogen) atoms. The lowest BCUT2D eigenvalue weighted by Gasteiger charge is -2.11. The summed E-state index contributed by atoms with van der Waals surface area (Å²) in [5.74, 6) is 0.547. The predicted octanol–water partition coefficient (Wildman–Crippen LogP) is 3.64. The molecule has 0 unspecified atom stereocenters. The minimum absolute atomic E-state index is 0.00932. The van der Waals surface area contributed by atoms with E-state index in [0.717, 1.165) is 46.3 Å². The Morgan fingerprint density at radius 3 is 2.80 bits per heavy atom. The summed E-state index contributed by atoms with van der Waals surface area (Å²) in [5, 5.41) is 3.96. The number of hydrogen-bond acceptors (Lipinski definition) is 5. The number of H-pyrrole nitrogens is 1. The molecule has 2 heterocycles. The van der Waals surface area contributed by atoms with E-state index in [9.17, 15) is 9.59 Å². The molecular formula is C18H25N3O2S2. The molecule has 0 aromatic carbocycles. The highest BCUT2D eigenvalue weighted by molar-refractivity contribution is 8.00. The minimum atomic E-state index is -0.276. The molecule has 2 atom stereocenters. The summed E-state index contributed by atoms with van der Waals surface area (Å²) in [6.07, 6.45) is 4.12. The second-order valence-electron chi connectivity index (χ2n) is 6.95. The molecule has 2 aromatic rings. The number of hydrogen-bond donors (Lipinski definition) is 2. The first-order valence-electron chi connectivity index (χ1n) is 8.88. The summed E-state index contributed by atoms with van der Waals surface area (Å²) in [7, 11) is 0. The number of nitrogens with one attached hydrogen (secondary N) is 2. The number of rotatable bonds is 7. The van der Waals surface area contributed by atoms with Crippen LogP contribution in [0.2, 0.25) is 0 Å². The Morgan fingerprint density at radius 2 is 2.16 bits per heavy atom. The normalized spacial score (nSPS) is 16.8. The average Bonchev–Trinajstić information content (AvgIpc) is 3.31. The average molecular weight is 380 g/mol. The highest BCUT2D eigenvalue weighted by Crippen LogP contribution is 2.31. The molecule has 0 saturated heterocycles. The SMILES string of the molecule is CC[C@H](C)Cc1c(C)sc2nc(S[C@@H](C)C(=O)NC3CC3)[nH]c(=O)c12. The number of carbonyl (C=O) groups is 1. The first kappa shape index (κ1) is 18.5. The van der Waals surface area contributed by atoms with Crippen molar-refractivity contribution in [1.29, 1.82) is 0 Å². The number of aromatic nitrogens is 2. The summed E-state index contributed by atoms with van der Waals surface area (Å²) in [6, 6.07) is 0.341. The number of aryl methyl sites for hydroxylation is 1. The van der Waals surface area contributed by atoms with Crippen molar-refractivity contribution in [3.8, 4) is 0 Å².